The first kappa shape index (κ1) is 13.9. The maximum absolute atomic E-state index is 11.5. The number of benzene rings is 1. The Bertz CT molecular complexity index is 460. The molecule has 0 radical (unpaired) electrons. The molecule has 1 atom stereocenters. The number of nitrogens with one attached hydrogen (secondary N) is 1. The van der Waals surface area contributed by atoms with Gasteiger partial charge in [0.2, 0.25) is 5.91 Å². The molecule has 3 N–H and O–H groups in total. The summed E-state index contributed by atoms with van der Waals surface area (Å²) in [5.41, 5.74) is 6.00. The third kappa shape index (κ3) is 3.67. The van der Waals surface area contributed by atoms with Gasteiger partial charge in [0.25, 0.3) is 5.69 Å². The largest absolute Gasteiger partial charge is 0.350 e. The smallest absolute Gasteiger partial charge is 0.274 e. The molecule has 0 aromatic heterocycles. The van der Waals surface area contributed by atoms with Gasteiger partial charge in [-0.3, -0.25) is 14.9 Å². The normalized spacial score (nSPS) is 11.6. The molecule has 18 heavy (non-hydrogen) atoms. The molecule has 1 aromatic rings. The third-order valence-corrected chi connectivity index (χ3v) is 2.40. The number of carbonyl (C=O) groups excluding carboxylic acids is 1. The molecule has 1 rings (SSSR count). The van der Waals surface area contributed by atoms with Crippen molar-refractivity contribution >= 4 is 11.6 Å². The monoisotopic (exact) mass is 249 g/mol. The van der Waals surface area contributed by atoms with Crippen LogP contribution >= 0.6 is 0 Å². The van der Waals surface area contributed by atoms with Crippen LogP contribution in [0.3, 0.4) is 0 Å². The fourth-order valence-electron chi connectivity index (χ4n) is 1.44. The first-order valence-electron chi connectivity index (χ1n) is 5.42. The zero-order chi connectivity index (χ0) is 13.5. The van der Waals surface area contributed by atoms with Crippen LogP contribution in [0, 0.1) is 10.1 Å². The summed E-state index contributed by atoms with van der Waals surface area (Å²) in [6.45, 7) is 3.57. The van der Waals surface area contributed by atoms with E-state index in [1.165, 1.54) is 6.07 Å². The summed E-state index contributed by atoms with van der Waals surface area (Å²) in [5, 5.41) is 13.3. The average Bonchev–Trinajstić information content (AvgIpc) is 2.36. The van der Waals surface area contributed by atoms with Gasteiger partial charge in [-0.15, -0.1) is 6.58 Å². The lowest BCUT2D eigenvalue weighted by Gasteiger charge is -2.10. The summed E-state index contributed by atoms with van der Waals surface area (Å²) in [7, 11) is 0. The second kappa shape index (κ2) is 6.51. The van der Waals surface area contributed by atoms with Gasteiger partial charge >= 0.3 is 0 Å². The second-order valence-corrected chi connectivity index (χ2v) is 3.73. The molecule has 1 aromatic carbocycles. The quantitative estimate of drug-likeness (QED) is 0.448. The Kier molecular flexibility index (Phi) is 5.01. The van der Waals surface area contributed by atoms with Crippen molar-refractivity contribution < 1.29 is 9.72 Å². The van der Waals surface area contributed by atoms with Gasteiger partial charge in [0.1, 0.15) is 0 Å². The van der Waals surface area contributed by atoms with Gasteiger partial charge in [-0.25, -0.2) is 0 Å². The molecule has 1 unspecified atom stereocenters. The molecule has 0 heterocycles. The topological polar surface area (TPSA) is 98.3 Å². The van der Waals surface area contributed by atoms with E-state index in [1.54, 1.807) is 24.3 Å². The zero-order valence-corrected chi connectivity index (χ0v) is 9.83. The maximum Gasteiger partial charge on any atom is 0.274 e. The van der Waals surface area contributed by atoms with Crippen LogP contribution in [0.1, 0.15) is 12.0 Å². The molecule has 6 nitrogen and oxygen atoms in total. The lowest BCUT2D eigenvalue weighted by atomic mass is 10.1. The van der Waals surface area contributed by atoms with Crippen molar-refractivity contribution in [3.63, 3.8) is 0 Å². The van der Waals surface area contributed by atoms with Crippen LogP contribution < -0.4 is 11.1 Å². The molecule has 0 spiro atoms. The van der Waals surface area contributed by atoms with E-state index >= 15 is 0 Å². The number of amides is 1. The summed E-state index contributed by atoms with van der Waals surface area (Å²) in [5.74, 6) is -0.354. The van der Waals surface area contributed by atoms with Crippen molar-refractivity contribution in [2.24, 2.45) is 5.73 Å². The van der Waals surface area contributed by atoms with Crippen LogP contribution in [-0.2, 0) is 11.3 Å². The number of carbonyl (C=O) groups is 1. The Labute approximate surface area is 105 Å². The summed E-state index contributed by atoms with van der Waals surface area (Å²) in [6, 6.07) is 5.57. The van der Waals surface area contributed by atoms with Gasteiger partial charge < -0.3 is 11.1 Å². The fourth-order valence-corrected chi connectivity index (χ4v) is 1.44. The zero-order valence-electron chi connectivity index (χ0n) is 9.83. The molecule has 0 aliphatic carbocycles. The van der Waals surface area contributed by atoms with Crippen LogP contribution in [0.2, 0.25) is 0 Å². The minimum atomic E-state index is -0.676. The van der Waals surface area contributed by atoms with Gasteiger partial charge in [0, 0.05) is 18.2 Å². The molecule has 0 bridgehead atoms. The van der Waals surface area contributed by atoms with E-state index in [4.69, 9.17) is 5.73 Å². The average molecular weight is 249 g/mol. The summed E-state index contributed by atoms with van der Waals surface area (Å²) in [6.07, 6.45) is 1.91. The van der Waals surface area contributed by atoms with Crippen molar-refractivity contribution in [1.82, 2.24) is 5.32 Å². The van der Waals surface area contributed by atoms with Crippen molar-refractivity contribution in [3.05, 3.63) is 52.6 Å². The minimum absolute atomic E-state index is 0.0184. The van der Waals surface area contributed by atoms with Crippen LogP contribution in [0.5, 0.6) is 0 Å². The Morgan fingerprint density at radius 2 is 2.22 bits per heavy atom. The number of nitrogens with two attached hydrogens (primary N) is 1. The van der Waals surface area contributed by atoms with Gasteiger partial charge in [-0.2, -0.15) is 0 Å². The Balaban J connectivity index is 2.66. The molecule has 0 saturated carbocycles. The fraction of sp³-hybridized carbons (Fsp3) is 0.250. The highest BCUT2D eigenvalue weighted by Gasteiger charge is 2.15. The van der Waals surface area contributed by atoms with E-state index in [0.717, 1.165) is 0 Å². The van der Waals surface area contributed by atoms with E-state index in [9.17, 15) is 14.9 Å². The molecular formula is C12H15N3O3. The van der Waals surface area contributed by atoms with E-state index in [1.807, 2.05) is 0 Å². The first-order chi connectivity index (χ1) is 8.56. The molecule has 96 valence electrons. The van der Waals surface area contributed by atoms with Gasteiger partial charge in [-0.1, -0.05) is 24.3 Å². The summed E-state index contributed by atoms with van der Waals surface area (Å²) in [4.78, 5) is 21.8. The van der Waals surface area contributed by atoms with E-state index in [2.05, 4.69) is 11.9 Å². The predicted octanol–water partition coefficient (Wildman–Crippen LogP) is 1.11. The number of para-hydroxylation sites is 1. The Morgan fingerprint density at radius 1 is 1.56 bits per heavy atom. The number of hydrogen-bond donors (Lipinski definition) is 2. The van der Waals surface area contributed by atoms with Crippen molar-refractivity contribution in [2.45, 2.75) is 19.0 Å². The van der Waals surface area contributed by atoms with Crippen molar-refractivity contribution in [3.8, 4) is 0 Å². The van der Waals surface area contributed by atoms with Gasteiger partial charge in [0.15, 0.2) is 0 Å². The Hall–Kier alpha value is -2.21. The molecule has 0 aliphatic rings. The SMILES string of the molecule is C=CCC(N)C(=O)NCc1ccccc1[N+](=O)[O-]. The highest BCUT2D eigenvalue weighted by atomic mass is 16.6. The van der Waals surface area contributed by atoms with Gasteiger partial charge in [0.05, 0.1) is 11.0 Å². The number of nitro benzene ring substituents is 1. The highest BCUT2D eigenvalue weighted by Crippen LogP contribution is 2.17. The minimum Gasteiger partial charge on any atom is -0.350 e. The number of hydrogen-bond acceptors (Lipinski definition) is 4. The lowest BCUT2D eigenvalue weighted by Crippen LogP contribution is -2.39. The van der Waals surface area contributed by atoms with E-state index < -0.39 is 11.0 Å². The Morgan fingerprint density at radius 3 is 2.83 bits per heavy atom. The maximum atomic E-state index is 11.5. The van der Waals surface area contributed by atoms with Crippen LogP contribution in [0.4, 0.5) is 5.69 Å². The molecule has 0 aliphatic heterocycles. The van der Waals surface area contributed by atoms with Crippen LogP contribution in [0.15, 0.2) is 36.9 Å². The molecule has 0 fully saturated rings. The third-order valence-electron chi connectivity index (χ3n) is 2.40. The number of nitrogens with zero attached hydrogens (tertiary/aromatic N) is 1. The van der Waals surface area contributed by atoms with E-state index in [0.29, 0.717) is 12.0 Å². The van der Waals surface area contributed by atoms with Crippen LogP contribution in [-0.4, -0.2) is 16.9 Å². The second-order valence-electron chi connectivity index (χ2n) is 3.73. The number of nitro groups is 1. The summed E-state index contributed by atoms with van der Waals surface area (Å²) >= 11 is 0. The lowest BCUT2D eigenvalue weighted by molar-refractivity contribution is -0.385. The van der Waals surface area contributed by atoms with E-state index in [-0.39, 0.29) is 18.1 Å². The molecule has 0 saturated heterocycles. The molecule has 6 heteroatoms. The molecular weight excluding hydrogens is 234 g/mol. The predicted molar refractivity (Wildman–Crippen MR) is 67.7 cm³/mol. The number of rotatable bonds is 6. The first-order valence-corrected chi connectivity index (χ1v) is 5.42. The van der Waals surface area contributed by atoms with Crippen molar-refractivity contribution in [2.75, 3.05) is 0 Å². The van der Waals surface area contributed by atoms with Gasteiger partial charge in [-0.05, 0) is 6.42 Å². The van der Waals surface area contributed by atoms with Crippen LogP contribution in [0.25, 0.3) is 0 Å². The molecule has 1 amide bonds. The summed E-state index contributed by atoms with van der Waals surface area (Å²) < 4.78 is 0. The standard InChI is InChI=1S/C12H15N3O3/c1-2-5-10(13)12(16)14-8-9-6-3-4-7-11(9)15(17)18/h2-4,6-7,10H,1,5,8,13H2,(H,14,16). The highest BCUT2D eigenvalue weighted by molar-refractivity contribution is 5.81. The van der Waals surface area contributed by atoms with Crippen molar-refractivity contribution in [1.29, 1.82) is 0 Å².